The number of ether oxygens (including phenoxy) is 2. The number of unbranched alkanes of at least 4 members (excludes halogenated alkanes) is 1. The molecule has 42 heavy (non-hydrogen) atoms. The van der Waals surface area contributed by atoms with Crippen LogP contribution in [0, 0.1) is 0 Å². The molecule has 1 amide bonds. The molecule has 0 aromatic heterocycles. The van der Waals surface area contributed by atoms with Crippen LogP contribution in [0.15, 0.2) is 65.8 Å². The second-order valence-electron chi connectivity index (χ2n) is 12.1. The first-order valence-corrected chi connectivity index (χ1v) is 15.0. The summed E-state index contributed by atoms with van der Waals surface area (Å²) in [6.07, 6.45) is 5.33. The molecule has 0 unspecified atom stereocenters. The Hall–Kier alpha value is -3.42. The van der Waals surface area contributed by atoms with E-state index in [1.165, 1.54) is 0 Å². The van der Waals surface area contributed by atoms with Gasteiger partial charge < -0.3 is 19.7 Å². The van der Waals surface area contributed by atoms with Crippen molar-refractivity contribution in [3.8, 4) is 0 Å². The third-order valence-electron chi connectivity index (χ3n) is 7.69. The highest BCUT2D eigenvalue weighted by Gasteiger charge is 2.31. The number of carbonyl (C=O) groups excluding carboxylic acids is 1. The Bertz CT molecular complexity index is 1290. The van der Waals surface area contributed by atoms with Crippen LogP contribution in [-0.4, -0.2) is 62.2 Å². The Morgan fingerprint density at radius 2 is 1.69 bits per heavy atom. The van der Waals surface area contributed by atoms with Crippen LogP contribution in [0.1, 0.15) is 88.7 Å². The van der Waals surface area contributed by atoms with E-state index < -0.39 is 5.60 Å². The van der Waals surface area contributed by atoms with E-state index in [0.717, 1.165) is 59.7 Å². The Kier molecular flexibility index (Phi) is 11.5. The minimum atomic E-state index is -0.427. The van der Waals surface area contributed by atoms with Gasteiger partial charge in [0.05, 0.1) is 41.6 Å². The predicted octanol–water partition coefficient (Wildman–Crippen LogP) is 7.36. The maximum absolute atomic E-state index is 14.2. The molecule has 0 saturated heterocycles. The van der Waals surface area contributed by atoms with Gasteiger partial charge in [-0.25, -0.2) is 0 Å². The van der Waals surface area contributed by atoms with Crippen molar-refractivity contribution in [2.45, 2.75) is 78.4 Å². The van der Waals surface area contributed by atoms with Gasteiger partial charge in [0.25, 0.3) is 5.91 Å². The number of carbonyl (C=O) groups is 1. The molecular weight excluding hydrogens is 524 g/mol. The van der Waals surface area contributed by atoms with Gasteiger partial charge in [-0.15, -0.1) is 0 Å². The Balaban J connectivity index is 1.96. The number of nitrogens with one attached hydrogen (secondary N) is 1. The Morgan fingerprint density at radius 1 is 1.05 bits per heavy atom. The van der Waals surface area contributed by atoms with E-state index in [4.69, 9.17) is 14.5 Å². The zero-order valence-corrected chi connectivity index (χ0v) is 26.9. The number of hydrogen-bond acceptors (Lipinski definition) is 6. The van der Waals surface area contributed by atoms with Crippen molar-refractivity contribution in [2.24, 2.45) is 4.99 Å². The van der Waals surface area contributed by atoms with Crippen LogP contribution in [-0.2, 0) is 9.47 Å². The first-order chi connectivity index (χ1) is 19.9. The topological polar surface area (TPSA) is 66.4 Å². The highest BCUT2D eigenvalue weighted by atomic mass is 16.5. The molecule has 1 heterocycles. The van der Waals surface area contributed by atoms with Gasteiger partial charge >= 0.3 is 0 Å². The van der Waals surface area contributed by atoms with Gasteiger partial charge in [-0.1, -0.05) is 56.3 Å². The van der Waals surface area contributed by atoms with Gasteiger partial charge in [0, 0.05) is 55.7 Å². The van der Waals surface area contributed by atoms with E-state index in [0.29, 0.717) is 18.6 Å². The summed E-state index contributed by atoms with van der Waals surface area (Å²) in [5, 5.41) is 3.44. The van der Waals surface area contributed by atoms with Gasteiger partial charge in [0.15, 0.2) is 0 Å². The lowest BCUT2D eigenvalue weighted by molar-refractivity contribution is -0.0578. The highest BCUT2D eigenvalue weighted by molar-refractivity contribution is 6.14. The maximum Gasteiger partial charge on any atom is 0.260 e. The molecule has 0 radical (unpaired) electrons. The fraction of sp³-hybridized carbons (Fsp3) is 0.486. The number of para-hydroxylation sites is 1. The van der Waals surface area contributed by atoms with E-state index >= 15 is 0 Å². The van der Waals surface area contributed by atoms with Gasteiger partial charge in [0.2, 0.25) is 0 Å². The summed E-state index contributed by atoms with van der Waals surface area (Å²) in [7, 11) is 3.83. The zero-order valence-electron chi connectivity index (χ0n) is 26.9. The Morgan fingerprint density at radius 3 is 2.33 bits per heavy atom. The van der Waals surface area contributed by atoms with E-state index in [2.05, 4.69) is 64.5 Å². The van der Waals surface area contributed by atoms with Crippen molar-refractivity contribution in [2.75, 3.05) is 38.9 Å². The van der Waals surface area contributed by atoms with E-state index in [1.54, 1.807) is 13.3 Å². The van der Waals surface area contributed by atoms with Crippen LogP contribution in [0.5, 0.6) is 0 Å². The SMILES string of the molecule is C=C(CC(C)(C)OCCC(C)(C)OC)NCN1C(=O)c2ccccc2C(/N=C/C)=C(/N(C)CCCC)c2ccccc21. The summed E-state index contributed by atoms with van der Waals surface area (Å²) in [6, 6.07) is 15.9. The van der Waals surface area contributed by atoms with Crippen molar-refractivity contribution < 1.29 is 14.3 Å². The van der Waals surface area contributed by atoms with Crippen LogP contribution in [0.4, 0.5) is 5.69 Å². The smallest absolute Gasteiger partial charge is 0.260 e. The lowest BCUT2D eigenvalue weighted by Gasteiger charge is -2.34. The van der Waals surface area contributed by atoms with Crippen molar-refractivity contribution in [1.29, 1.82) is 0 Å². The molecule has 3 rings (SSSR count). The number of hydrogen-bond donors (Lipinski definition) is 1. The maximum atomic E-state index is 14.2. The fourth-order valence-electron chi connectivity index (χ4n) is 5.10. The number of amides is 1. The van der Waals surface area contributed by atoms with E-state index in [9.17, 15) is 4.79 Å². The van der Waals surface area contributed by atoms with Crippen LogP contribution in [0.3, 0.4) is 0 Å². The summed E-state index contributed by atoms with van der Waals surface area (Å²) in [6.45, 7) is 18.4. The summed E-state index contributed by atoms with van der Waals surface area (Å²) in [5.41, 5.74) is 5.20. The molecule has 7 heteroatoms. The fourth-order valence-corrected chi connectivity index (χ4v) is 5.10. The molecule has 1 aliphatic heterocycles. The van der Waals surface area contributed by atoms with E-state index in [-0.39, 0.29) is 18.2 Å². The molecule has 0 saturated carbocycles. The van der Waals surface area contributed by atoms with Crippen LogP contribution >= 0.6 is 0 Å². The largest absolute Gasteiger partial charge is 0.379 e. The number of nitrogens with zero attached hydrogens (tertiary/aromatic N) is 3. The lowest BCUT2D eigenvalue weighted by Crippen LogP contribution is -2.41. The van der Waals surface area contributed by atoms with E-state index in [1.807, 2.05) is 54.3 Å². The molecule has 1 aliphatic rings. The summed E-state index contributed by atoms with van der Waals surface area (Å²) in [5.74, 6) is -0.0882. The molecule has 0 bridgehead atoms. The number of fused-ring (bicyclic) bond motifs is 2. The molecule has 0 spiro atoms. The summed E-state index contributed by atoms with van der Waals surface area (Å²) in [4.78, 5) is 23.2. The minimum Gasteiger partial charge on any atom is -0.379 e. The molecule has 0 aliphatic carbocycles. The second-order valence-corrected chi connectivity index (χ2v) is 12.1. The summed E-state index contributed by atoms with van der Waals surface area (Å²) < 4.78 is 11.7. The van der Waals surface area contributed by atoms with Gasteiger partial charge in [-0.2, -0.15) is 0 Å². The van der Waals surface area contributed by atoms with Crippen molar-refractivity contribution in [1.82, 2.24) is 10.2 Å². The number of anilines is 1. The summed E-state index contributed by atoms with van der Waals surface area (Å²) >= 11 is 0. The molecule has 0 atom stereocenters. The lowest BCUT2D eigenvalue weighted by atomic mass is 9.95. The van der Waals surface area contributed by atoms with Crippen LogP contribution < -0.4 is 10.2 Å². The minimum absolute atomic E-state index is 0.0882. The Labute approximate surface area is 253 Å². The number of methoxy groups -OCH3 is 1. The first-order valence-electron chi connectivity index (χ1n) is 15.0. The molecule has 228 valence electrons. The monoisotopic (exact) mass is 574 g/mol. The second kappa shape index (κ2) is 14.7. The number of aliphatic imine (C=N–C) groups is 1. The average molecular weight is 575 g/mol. The zero-order chi connectivity index (χ0) is 30.9. The quantitative estimate of drug-likeness (QED) is 0.225. The molecular formula is C35H50N4O3. The molecule has 7 nitrogen and oxygen atoms in total. The van der Waals surface area contributed by atoms with Crippen molar-refractivity contribution in [3.63, 3.8) is 0 Å². The molecule has 0 fully saturated rings. The van der Waals surface area contributed by atoms with Gasteiger partial charge in [0.1, 0.15) is 0 Å². The van der Waals surface area contributed by atoms with Crippen molar-refractivity contribution in [3.05, 3.63) is 77.5 Å². The highest BCUT2D eigenvalue weighted by Crippen LogP contribution is 2.39. The standard InChI is InChI=1S/C35H50N4O3/c1-10-12-22-38(8)32-29-19-15-16-20-30(29)39(33(40)28-18-14-13-17-27(28)31(32)36-11-2)25-37-26(3)24-35(6,7)42-23-21-34(4,5)41-9/h11,13-20,37H,3,10,12,21-25H2,1-2,4-9H3/b32-31-,36-11+. The third-order valence-corrected chi connectivity index (χ3v) is 7.69. The average Bonchev–Trinajstić information content (AvgIpc) is 2.95. The van der Waals surface area contributed by atoms with Gasteiger partial charge in [-0.05, 0) is 59.6 Å². The molecule has 1 N–H and O–H groups in total. The molecule has 2 aromatic carbocycles. The van der Waals surface area contributed by atoms with Crippen LogP contribution in [0.2, 0.25) is 0 Å². The van der Waals surface area contributed by atoms with Gasteiger partial charge in [-0.3, -0.25) is 14.7 Å². The first kappa shape index (κ1) is 33.1. The normalized spacial score (nSPS) is 15.7. The van der Waals surface area contributed by atoms with Crippen LogP contribution in [0.25, 0.3) is 11.4 Å². The third kappa shape index (κ3) is 8.33. The number of rotatable bonds is 15. The predicted molar refractivity (Wildman–Crippen MR) is 176 cm³/mol. The molecule has 2 aromatic rings. The van der Waals surface area contributed by atoms with Crippen molar-refractivity contribution >= 4 is 29.2 Å². The number of benzene rings is 2.